The van der Waals surface area contributed by atoms with Gasteiger partial charge in [0.05, 0.1) is 188 Å². The van der Waals surface area contributed by atoms with Crippen LogP contribution in [0.5, 0.6) is 5.75 Å². The molecule has 2 aromatic carbocycles. The molecule has 2 saturated heterocycles. The van der Waals surface area contributed by atoms with Crippen LogP contribution in [0.1, 0.15) is 144 Å². The predicted octanol–water partition coefficient (Wildman–Crippen LogP) is 2.22. The Labute approximate surface area is 809 Å². The van der Waals surface area contributed by atoms with Crippen molar-refractivity contribution < 1.29 is 159 Å². The van der Waals surface area contributed by atoms with Crippen LogP contribution in [0.4, 0.5) is 10.5 Å². The van der Waals surface area contributed by atoms with Crippen molar-refractivity contribution in [1.29, 1.82) is 0 Å². The number of aliphatic carboxylic acids is 1. The number of carbonyl (C=O) groups excluding carboxylic acids is 11. The fourth-order valence-electron chi connectivity index (χ4n) is 15.5. The van der Waals surface area contributed by atoms with E-state index in [9.17, 15) is 78.3 Å². The molecule has 0 spiro atoms. The van der Waals surface area contributed by atoms with E-state index in [0.717, 1.165) is 17.1 Å². The lowest BCUT2D eigenvalue weighted by Gasteiger charge is -2.41. The number of hydrogen-bond acceptors (Lipinski definition) is 32. The normalized spacial score (nSPS) is 19.0. The molecule has 2 aromatic rings. The number of aliphatic hydroxyl groups is 4. The number of hydrogen-bond donors (Lipinski definition) is 11. The third kappa shape index (κ3) is 42.0. The molecule has 0 saturated carbocycles. The number of benzene rings is 2. The molecule has 2 fully saturated rings. The predicted molar refractivity (Wildman–Crippen MR) is 499 cm³/mol. The first-order chi connectivity index (χ1) is 66.1. The molecule has 43 nitrogen and oxygen atoms in total. The minimum atomic E-state index is -2.10. The van der Waals surface area contributed by atoms with Crippen molar-refractivity contribution in [2.75, 3.05) is 205 Å². The summed E-state index contributed by atoms with van der Waals surface area (Å²) in [5, 5.41) is 69.4. The van der Waals surface area contributed by atoms with Crippen molar-refractivity contribution in [3.8, 4) is 5.75 Å². The van der Waals surface area contributed by atoms with E-state index in [1.165, 1.54) is 44.2 Å². The fraction of sp³-hybridized carbons (Fsp3) is 0.726. The molecule has 0 aliphatic carbocycles. The molecule has 3 aliphatic rings. The molecule has 11 amide bonds. The van der Waals surface area contributed by atoms with Crippen molar-refractivity contribution in [1.82, 2.24) is 46.2 Å². The Bertz CT molecular complexity index is 3970. The topological polar surface area (TPSA) is 539 Å². The van der Waals surface area contributed by atoms with Crippen LogP contribution in [-0.2, 0) is 130 Å². The van der Waals surface area contributed by atoms with Crippen LogP contribution in [-0.4, -0.2) is 395 Å². The molecule has 3 aliphatic heterocycles. The van der Waals surface area contributed by atoms with Gasteiger partial charge in [0.1, 0.15) is 54.8 Å². The summed E-state index contributed by atoms with van der Waals surface area (Å²) < 4.78 is 88.5. The number of carbonyl (C=O) groups is 12. The lowest BCUT2D eigenvalue weighted by Crippen LogP contribution is -2.61. The van der Waals surface area contributed by atoms with E-state index >= 15 is 4.79 Å². The number of aliphatic hydroxyl groups excluding tert-OH is 4. The molecule has 138 heavy (non-hydrogen) atoms. The van der Waals surface area contributed by atoms with Gasteiger partial charge in [-0.05, 0) is 92.9 Å². The maximum atomic E-state index is 15.0. The molecule has 1 unspecified atom stereocenters. The molecule has 17 atom stereocenters. The Morgan fingerprint density at radius 1 is 0.565 bits per heavy atom. The highest BCUT2D eigenvalue weighted by atomic mass is 16.7. The van der Waals surface area contributed by atoms with Crippen molar-refractivity contribution in [2.45, 2.75) is 219 Å². The summed E-state index contributed by atoms with van der Waals surface area (Å²) in [5.41, 5.74) is 0.606. The molecule has 0 radical (unpaired) electrons. The minimum Gasteiger partial charge on any atom is -0.479 e. The SMILES string of the molecule is CC[C@H](C)[C@@H](C(CC(=O)N1CCC[C@H]1[C@H](C)[C@@H](C)C(=O)N[C@H](C)[C@@H](O)c1ccccc1)OC)N(C)C(=O)[C@@H](NC(=O)[C@H](C(C)C)N(C)C(=O)OCc1ccc(O[C@@H]2O[C@H](C(=O)O)[C@@H](O)[C@H](O)[C@H]2O)c(NC(=O)CCNC(=O)[C@H](CCCCNC(=O)CCOCCOCCOCCOCCOCCOCCOCCOCCOCCOCCOCCOC)NC(=O)[C@H](C)N2C(=O)C=CC2=O)c1)C(C)C. The maximum absolute atomic E-state index is 15.0. The number of amides is 11. The van der Waals surface area contributed by atoms with E-state index in [4.69, 9.17) is 75.8 Å². The van der Waals surface area contributed by atoms with Crippen LogP contribution in [0.3, 0.4) is 0 Å². The molecular formula is C95H154N10O33. The molecule has 11 N–H and O–H groups in total. The number of nitrogens with one attached hydrogen (secondary N) is 6. The van der Waals surface area contributed by atoms with Gasteiger partial charge in [-0.1, -0.05) is 98.2 Å². The highest BCUT2D eigenvalue weighted by Crippen LogP contribution is 2.35. The maximum Gasteiger partial charge on any atom is 0.410 e. The van der Waals surface area contributed by atoms with Crippen molar-refractivity contribution in [2.24, 2.45) is 29.6 Å². The van der Waals surface area contributed by atoms with Crippen LogP contribution in [0.25, 0.3) is 0 Å². The number of imide groups is 1. The van der Waals surface area contributed by atoms with E-state index in [1.54, 1.807) is 65.8 Å². The first-order valence-corrected chi connectivity index (χ1v) is 47.7. The van der Waals surface area contributed by atoms with Crippen LogP contribution in [0, 0.1) is 29.6 Å². The second kappa shape index (κ2) is 66.6. The zero-order valence-corrected chi connectivity index (χ0v) is 82.7. The third-order valence-corrected chi connectivity index (χ3v) is 23.8. The van der Waals surface area contributed by atoms with Gasteiger partial charge in [0, 0.05) is 84.9 Å². The average molecular weight is 1960 g/mol. The van der Waals surface area contributed by atoms with E-state index in [-0.39, 0.29) is 111 Å². The lowest BCUT2D eigenvalue weighted by molar-refractivity contribution is -0.271. The summed E-state index contributed by atoms with van der Waals surface area (Å²) in [6, 6.07) is 6.25. The number of rotatable bonds is 73. The smallest absolute Gasteiger partial charge is 0.410 e. The zero-order chi connectivity index (χ0) is 102. The third-order valence-electron chi connectivity index (χ3n) is 23.8. The monoisotopic (exact) mass is 1960 g/mol. The van der Waals surface area contributed by atoms with Crippen molar-refractivity contribution in [3.05, 3.63) is 71.8 Å². The number of likely N-dealkylation sites (tertiary alicyclic amines) is 1. The summed E-state index contributed by atoms with van der Waals surface area (Å²) in [6.45, 7) is 26.6. The molecule has 782 valence electrons. The molecule has 0 bridgehead atoms. The van der Waals surface area contributed by atoms with Gasteiger partial charge in [0.15, 0.2) is 6.10 Å². The van der Waals surface area contributed by atoms with E-state index in [1.807, 2.05) is 45.9 Å². The first kappa shape index (κ1) is 119. The van der Waals surface area contributed by atoms with Crippen LogP contribution >= 0.6 is 0 Å². The molecular weight excluding hydrogens is 1810 g/mol. The number of anilines is 1. The van der Waals surface area contributed by atoms with Crippen LogP contribution in [0.15, 0.2) is 60.7 Å². The number of unbranched alkanes of at least 4 members (excludes halogenated alkanes) is 1. The quantitative estimate of drug-likeness (QED) is 0.0334. The molecule has 0 aromatic heterocycles. The second-order valence-electron chi connectivity index (χ2n) is 34.7. The van der Waals surface area contributed by atoms with Crippen LogP contribution < -0.4 is 36.6 Å². The number of ether oxygens (including phenoxy) is 16. The van der Waals surface area contributed by atoms with Gasteiger partial charge in [-0.15, -0.1) is 0 Å². The standard InChI is InChI=1S/C95H154N10O33/c1-15-63(6)82(74(124-14)59-79(110)104-34-21-25-72(104)64(7)65(8)88(115)98-66(9)83(111)69-22-17-16-18-23-69)102(11)92(119)80(61(2)3)101-91(118)81(62(4)5)103(12)95(122)136-60-68-26-27-73(137-94-86(114)84(112)85(113)87(138-94)93(120)121)71(58-68)99-76(107)30-33-97-90(117)70(100-89(116)67(10)105-77(108)28-29-78(105)109)24-19-20-32-96-75(106)31-35-125-38-39-127-42-43-129-46-47-131-50-51-133-54-55-135-57-56-134-53-52-132-49-48-130-45-44-128-41-40-126-37-36-123-13/h16-18,22-23,26-29,58,61-67,70,72,74,80-87,94,111-114H,15,19-21,24-25,30-57,59-60H2,1-14H3,(H,96,106)(H,97,117)(H,98,115)(H,99,107)(H,100,116)(H,101,118)(H,120,121)/t63-,64+,65+,66+,67-,70-,72-,74?,80-,81-,82-,83+,84-,85-,86+,87-,94+/m0/s1. The highest BCUT2D eigenvalue weighted by molar-refractivity contribution is 6.15. The second-order valence-corrected chi connectivity index (χ2v) is 34.7. The van der Waals surface area contributed by atoms with E-state index in [2.05, 4.69) is 31.9 Å². The average Bonchev–Trinajstić information content (AvgIpc) is 1.53. The summed E-state index contributed by atoms with van der Waals surface area (Å²) in [4.78, 5) is 169. The van der Waals surface area contributed by atoms with Crippen molar-refractivity contribution in [3.63, 3.8) is 0 Å². The van der Waals surface area contributed by atoms with E-state index in [0.29, 0.717) is 175 Å². The van der Waals surface area contributed by atoms with Crippen molar-refractivity contribution >= 4 is 76.8 Å². The Morgan fingerprint density at radius 2 is 1.09 bits per heavy atom. The number of carboxylic acid groups (broad SMARTS) is 1. The molecule has 5 rings (SSSR count). The Kier molecular flexibility index (Phi) is 57.6. The number of carboxylic acids is 1. The number of nitrogens with zero attached hydrogens (tertiary/aromatic N) is 4. The molecule has 43 heteroatoms. The number of methoxy groups -OCH3 is 2. The largest absolute Gasteiger partial charge is 0.479 e. The lowest BCUT2D eigenvalue weighted by atomic mass is 9.86. The summed E-state index contributed by atoms with van der Waals surface area (Å²) in [7, 11) is 6.02. The molecule has 3 heterocycles. The Balaban J connectivity index is 1.08. The van der Waals surface area contributed by atoms with Gasteiger partial charge in [-0.2, -0.15) is 0 Å². The minimum absolute atomic E-state index is 0.0244. The van der Waals surface area contributed by atoms with Gasteiger partial charge in [0.2, 0.25) is 53.5 Å². The summed E-state index contributed by atoms with van der Waals surface area (Å²) >= 11 is 0. The van der Waals surface area contributed by atoms with Gasteiger partial charge in [-0.3, -0.25) is 57.7 Å². The van der Waals surface area contributed by atoms with Crippen LogP contribution in [0.2, 0.25) is 0 Å². The summed E-state index contributed by atoms with van der Waals surface area (Å²) in [5.74, 6) is -10.1. The Morgan fingerprint density at radius 3 is 1.59 bits per heavy atom. The van der Waals surface area contributed by atoms with Gasteiger partial charge >= 0.3 is 12.1 Å². The summed E-state index contributed by atoms with van der Waals surface area (Å²) in [6.07, 6.45) is -9.19. The number of likely N-dealkylation sites (N-methyl/N-ethyl adjacent to an activating group) is 2. The first-order valence-electron chi connectivity index (χ1n) is 47.7. The van der Waals surface area contributed by atoms with Gasteiger partial charge in [-0.25, -0.2) is 9.59 Å². The zero-order valence-electron chi connectivity index (χ0n) is 82.7. The fourth-order valence-corrected chi connectivity index (χ4v) is 15.5. The van der Waals surface area contributed by atoms with E-state index < -0.39 is 163 Å². The van der Waals surface area contributed by atoms with Gasteiger partial charge in [0.25, 0.3) is 11.8 Å². The highest BCUT2D eigenvalue weighted by Gasteiger charge is 2.49. The Hall–Kier alpha value is -9.10. The van der Waals surface area contributed by atoms with Gasteiger partial charge < -0.3 is 143 Å².